The van der Waals surface area contributed by atoms with Crippen molar-refractivity contribution in [2.75, 3.05) is 6.54 Å². The van der Waals surface area contributed by atoms with Gasteiger partial charge in [0.25, 0.3) is 11.8 Å². The van der Waals surface area contributed by atoms with Gasteiger partial charge in [-0.05, 0) is 30.2 Å². The molecule has 0 fully saturated rings. The van der Waals surface area contributed by atoms with Crippen molar-refractivity contribution in [1.82, 2.24) is 20.0 Å². The summed E-state index contributed by atoms with van der Waals surface area (Å²) < 4.78 is 1.63. The first-order valence-electron chi connectivity index (χ1n) is 9.38. The van der Waals surface area contributed by atoms with Crippen LogP contribution in [0.25, 0.3) is 5.52 Å². The number of rotatable bonds is 8. The molecule has 2 amide bonds. The van der Waals surface area contributed by atoms with E-state index in [1.165, 1.54) is 0 Å². The lowest BCUT2D eigenvalue weighted by molar-refractivity contribution is 0.0940. The Morgan fingerprint density at radius 1 is 1.04 bits per heavy atom. The van der Waals surface area contributed by atoms with Gasteiger partial charge in [0.15, 0.2) is 5.69 Å². The number of hydrogen-bond acceptors (Lipinski definition) is 3. The Hall–Kier alpha value is -2.86. The van der Waals surface area contributed by atoms with Crippen LogP contribution in [0.3, 0.4) is 0 Å². The van der Waals surface area contributed by atoms with E-state index in [2.05, 4.69) is 22.5 Å². The van der Waals surface area contributed by atoms with E-state index >= 15 is 0 Å². The molecule has 2 aromatic heterocycles. The molecule has 146 valence electrons. The summed E-state index contributed by atoms with van der Waals surface area (Å²) in [5.74, 6) is -0.475. The molecule has 7 heteroatoms. The van der Waals surface area contributed by atoms with Crippen LogP contribution < -0.4 is 10.6 Å². The van der Waals surface area contributed by atoms with Crippen LogP contribution in [0.15, 0.2) is 48.7 Å². The summed E-state index contributed by atoms with van der Waals surface area (Å²) >= 11 is 6.14. The summed E-state index contributed by atoms with van der Waals surface area (Å²) in [6, 6.07) is 12.7. The molecule has 6 nitrogen and oxygen atoms in total. The summed E-state index contributed by atoms with van der Waals surface area (Å²) in [4.78, 5) is 29.6. The molecule has 2 N–H and O–H groups in total. The zero-order valence-electron chi connectivity index (χ0n) is 15.7. The summed E-state index contributed by atoms with van der Waals surface area (Å²) in [6.45, 7) is 2.98. The lowest BCUT2D eigenvalue weighted by atomic mass is 10.2. The van der Waals surface area contributed by atoms with E-state index in [4.69, 9.17) is 11.6 Å². The van der Waals surface area contributed by atoms with Gasteiger partial charge in [0.05, 0.1) is 5.52 Å². The van der Waals surface area contributed by atoms with Crippen molar-refractivity contribution < 1.29 is 9.59 Å². The highest BCUT2D eigenvalue weighted by Gasteiger charge is 2.21. The van der Waals surface area contributed by atoms with Crippen LogP contribution in [0.2, 0.25) is 5.02 Å². The van der Waals surface area contributed by atoms with Gasteiger partial charge in [0, 0.05) is 24.3 Å². The molecule has 0 aliphatic rings. The van der Waals surface area contributed by atoms with Crippen LogP contribution in [-0.4, -0.2) is 27.7 Å². The van der Waals surface area contributed by atoms with Gasteiger partial charge in [-0.2, -0.15) is 0 Å². The molecule has 28 heavy (non-hydrogen) atoms. The second-order valence-corrected chi connectivity index (χ2v) is 6.88. The number of halogens is 1. The molecule has 0 saturated carbocycles. The van der Waals surface area contributed by atoms with E-state index in [0.29, 0.717) is 17.1 Å². The number of hydrogen-bond donors (Lipinski definition) is 2. The Kier molecular flexibility index (Phi) is 6.66. The third-order valence-corrected chi connectivity index (χ3v) is 4.80. The number of carbonyl (C=O) groups excluding carboxylic acids is 2. The van der Waals surface area contributed by atoms with Crippen LogP contribution in [0.1, 0.15) is 52.9 Å². The Morgan fingerprint density at radius 3 is 2.61 bits per heavy atom. The SMILES string of the molecule is CCCCCNC(=O)c1nc(C(=O)NCc2ccccc2Cl)n2ccccc12. The Labute approximate surface area is 168 Å². The van der Waals surface area contributed by atoms with Gasteiger partial charge >= 0.3 is 0 Å². The highest BCUT2D eigenvalue weighted by atomic mass is 35.5. The number of fused-ring (bicyclic) bond motifs is 1. The minimum absolute atomic E-state index is 0.168. The molecule has 3 aromatic rings. The molecule has 1 aromatic carbocycles. The number of pyridine rings is 1. The van der Waals surface area contributed by atoms with Gasteiger partial charge < -0.3 is 10.6 Å². The number of benzene rings is 1. The van der Waals surface area contributed by atoms with Gasteiger partial charge in [-0.25, -0.2) is 4.98 Å². The Morgan fingerprint density at radius 2 is 1.82 bits per heavy atom. The largest absolute Gasteiger partial charge is 0.351 e. The second kappa shape index (κ2) is 9.37. The average molecular weight is 399 g/mol. The number of carbonyl (C=O) groups is 2. The highest BCUT2D eigenvalue weighted by Crippen LogP contribution is 2.16. The number of unbranched alkanes of at least 4 members (excludes halogenated alkanes) is 2. The number of amides is 2. The molecule has 0 aliphatic carbocycles. The van der Waals surface area contributed by atoms with Crippen LogP contribution >= 0.6 is 11.6 Å². The van der Waals surface area contributed by atoms with Crippen molar-refractivity contribution in [2.45, 2.75) is 32.7 Å². The molecule has 0 aliphatic heterocycles. The van der Waals surface area contributed by atoms with E-state index in [0.717, 1.165) is 24.8 Å². The maximum absolute atomic E-state index is 12.7. The van der Waals surface area contributed by atoms with E-state index < -0.39 is 0 Å². The number of nitrogens with one attached hydrogen (secondary N) is 2. The van der Waals surface area contributed by atoms with E-state index in [1.807, 2.05) is 24.3 Å². The van der Waals surface area contributed by atoms with Crippen LogP contribution in [0.5, 0.6) is 0 Å². The number of aromatic nitrogens is 2. The molecule has 2 heterocycles. The molecular formula is C21H23ClN4O2. The zero-order valence-corrected chi connectivity index (χ0v) is 16.5. The maximum Gasteiger partial charge on any atom is 0.287 e. The molecule has 0 bridgehead atoms. The van der Waals surface area contributed by atoms with Gasteiger partial charge in [-0.3, -0.25) is 14.0 Å². The molecule has 0 radical (unpaired) electrons. The number of nitrogens with zero attached hydrogens (tertiary/aromatic N) is 2. The highest BCUT2D eigenvalue weighted by molar-refractivity contribution is 6.31. The fourth-order valence-corrected chi connectivity index (χ4v) is 3.12. The summed E-state index contributed by atoms with van der Waals surface area (Å²) in [7, 11) is 0. The topological polar surface area (TPSA) is 75.5 Å². The first-order chi connectivity index (χ1) is 13.6. The van der Waals surface area contributed by atoms with Crippen molar-refractivity contribution in [3.63, 3.8) is 0 Å². The fourth-order valence-electron chi connectivity index (χ4n) is 2.92. The molecular weight excluding hydrogens is 376 g/mol. The quantitative estimate of drug-likeness (QED) is 0.566. The second-order valence-electron chi connectivity index (χ2n) is 6.48. The third kappa shape index (κ3) is 4.51. The molecule has 0 atom stereocenters. The van der Waals surface area contributed by atoms with Gasteiger partial charge in [-0.15, -0.1) is 0 Å². The molecule has 0 unspecified atom stereocenters. The predicted octanol–water partition coefficient (Wildman–Crippen LogP) is 3.84. The smallest absolute Gasteiger partial charge is 0.287 e. The van der Waals surface area contributed by atoms with E-state index in [-0.39, 0.29) is 29.9 Å². The van der Waals surface area contributed by atoms with Crippen molar-refractivity contribution in [3.8, 4) is 0 Å². The summed E-state index contributed by atoms with van der Waals surface area (Å²) in [5, 5.41) is 6.29. The van der Waals surface area contributed by atoms with Crippen LogP contribution in [0.4, 0.5) is 0 Å². The summed E-state index contributed by atoms with van der Waals surface area (Å²) in [6.07, 6.45) is 4.78. The van der Waals surface area contributed by atoms with Crippen molar-refractivity contribution >= 4 is 28.9 Å². The standard InChI is InChI=1S/C21H23ClN4O2/c1-2-3-7-12-23-20(27)18-17-11-6-8-13-26(17)19(25-18)21(28)24-14-15-9-4-5-10-16(15)22/h4-6,8-11,13H,2-3,7,12,14H2,1H3,(H,23,27)(H,24,28). The molecule has 0 saturated heterocycles. The Balaban J connectivity index is 1.78. The van der Waals surface area contributed by atoms with E-state index in [9.17, 15) is 9.59 Å². The number of imidazole rings is 1. The summed E-state index contributed by atoms with van der Waals surface area (Å²) in [5.41, 5.74) is 1.66. The normalized spacial score (nSPS) is 10.8. The van der Waals surface area contributed by atoms with Crippen molar-refractivity contribution in [1.29, 1.82) is 0 Å². The van der Waals surface area contributed by atoms with Crippen molar-refractivity contribution in [2.24, 2.45) is 0 Å². The lowest BCUT2D eigenvalue weighted by Gasteiger charge is -2.06. The van der Waals surface area contributed by atoms with Gasteiger partial charge in [0.2, 0.25) is 5.82 Å². The van der Waals surface area contributed by atoms with E-state index in [1.54, 1.807) is 28.8 Å². The van der Waals surface area contributed by atoms with Gasteiger partial charge in [0.1, 0.15) is 0 Å². The van der Waals surface area contributed by atoms with Gasteiger partial charge in [-0.1, -0.05) is 55.6 Å². The zero-order chi connectivity index (χ0) is 19.9. The Bertz CT molecular complexity index is 983. The lowest BCUT2D eigenvalue weighted by Crippen LogP contribution is -2.26. The fraction of sp³-hybridized carbons (Fsp3) is 0.286. The van der Waals surface area contributed by atoms with Crippen LogP contribution in [0, 0.1) is 0 Å². The first-order valence-corrected chi connectivity index (χ1v) is 9.76. The first kappa shape index (κ1) is 19.9. The third-order valence-electron chi connectivity index (χ3n) is 4.43. The predicted molar refractivity (Wildman–Crippen MR) is 110 cm³/mol. The maximum atomic E-state index is 12.7. The molecule has 3 rings (SSSR count). The van der Waals surface area contributed by atoms with Crippen LogP contribution in [-0.2, 0) is 6.54 Å². The molecule has 0 spiro atoms. The van der Waals surface area contributed by atoms with Crippen molar-refractivity contribution in [3.05, 3.63) is 70.8 Å². The average Bonchev–Trinajstić information content (AvgIpc) is 3.10. The minimum Gasteiger partial charge on any atom is -0.351 e. The minimum atomic E-state index is -0.369. The monoisotopic (exact) mass is 398 g/mol.